The molecule has 2 N–H and O–H groups in total. The maximum Gasteiger partial charge on any atom is 0.0775 e. The minimum absolute atomic E-state index is 0.258. The predicted molar refractivity (Wildman–Crippen MR) is 82.0 cm³/mol. The molecule has 0 aliphatic rings. The van der Waals surface area contributed by atoms with Gasteiger partial charge in [-0.2, -0.15) is 0 Å². The van der Waals surface area contributed by atoms with E-state index in [9.17, 15) is 5.11 Å². The van der Waals surface area contributed by atoms with Gasteiger partial charge in [0.05, 0.1) is 14.2 Å². The zero-order valence-electron chi connectivity index (χ0n) is 12.3. The molecule has 0 radical (unpaired) electrons. The summed E-state index contributed by atoms with van der Waals surface area (Å²) in [6, 6.07) is 8.90. The Morgan fingerprint density at radius 2 is 1.67 bits per heavy atom. The zero-order valence-corrected chi connectivity index (χ0v) is 13.3. The lowest BCUT2D eigenvalue weighted by Crippen LogP contribution is -2.37. The number of benzene rings is 1. The molecule has 0 heterocycles. The third-order valence-electron chi connectivity index (χ3n) is 3.27. The van der Waals surface area contributed by atoms with E-state index in [0.717, 1.165) is 6.54 Å². The van der Waals surface area contributed by atoms with Crippen LogP contribution in [0.25, 0.3) is 0 Å². The van der Waals surface area contributed by atoms with Gasteiger partial charge in [0.25, 0.3) is 0 Å². The van der Waals surface area contributed by atoms with Gasteiger partial charge in [-0.15, -0.1) is 0 Å². The molecule has 0 fully saturated rings. The monoisotopic (exact) mass is 265 g/mol. The average Bonchev–Trinajstić information content (AvgIpc) is 2.28. The van der Waals surface area contributed by atoms with E-state index in [1.807, 2.05) is 13.8 Å². The molecule has 2 nitrogen and oxygen atoms in total. The Bertz CT molecular complexity index is 354. The first kappa shape index (κ1) is 15.4. The van der Waals surface area contributed by atoms with Crippen molar-refractivity contribution in [1.29, 1.82) is 0 Å². The Morgan fingerprint density at radius 3 is 2.11 bits per heavy atom. The van der Waals surface area contributed by atoms with Crippen molar-refractivity contribution in [3.63, 3.8) is 0 Å². The third kappa shape index (κ3) is 4.92. The molecule has 0 amide bonds. The molecule has 0 spiro atoms. The summed E-state index contributed by atoms with van der Waals surface area (Å²) >= 11 is 0. The molecule has 1 aromatic carbocycles. The first-order chi connectivity index (χ1) is 8.30. The van der Waals surface area contributed by atoms with Crippen molar-refractivity contribution in [2.24, 2.45) is 5.92 Å². The third-order valence-corrected chi connectivity index (χ3v) is 5.34. The SMILES string of the molecule is CC(C)C(O)CNCc1ccc([Si](C)(C)C)cc1. The van der Waals surface area contributed by atoms with Crippen molar-refractivity contribution in [3.05, 3.63) is 29.8 Å². The van der Waals surface area contributed by atoms with Crippen LogP contribution < -0.4 is 10.5 Å². The Kier molecular flexibility index (Phi) is 5.57. The van der Waals surface area contributed by atoms with Crippen molar-refractivity contribution >= 4 is 13.3 Å². The van der Waals surface area contributed by atoms with Gasteiger partial charge in [-0.3, -0.25) is 0 Å². The van der Waals surface area contributed by atoms with E-state index in [1.54, 1.807) is 0 Å². The van der Waals surface area contributed by atoms with Gasteiger partial charge in [-0.25, -0.2) is 0 Å². The van der Waals surface area contributed by atoms with Crippen molar-refractivity contribution < 1.29 is 5.11 Å². The van der Waals surface area contributed by atoms with Crippen molar-refractivity contribution in [2.45, 2.75) is 46.1 Å². The molecule has 0 aromatic heterocycles. The van der Waals surface area contributed by atoms with E-state index >= 15 is 0 Å². The van der Waals surface area contributed by atoms with Crippen LogP contribution in [0, 0.1) is 5.92 Å². The van der Waals surface area contributed by atoms with Crippen LogP contribution in [0.5, 0.6) is 0 Å². The van der Waals surface area contributed by atoms with Gasteiger partial charge in [0, 0.05) is 13.1 Å². The van der Waals surface area contributed by atoms with Crippen LogP contribution in [0.4, 0.5) is 0 Å². The van der Waals surface area contributed by atoms with Crippen LogP contribution >= 0.6 is 0 Å². The first-order valence-electron chi connectivity index (χ1n) is 6.79. The van der Waals surface area contributed by atoms with Crippen LogP contribution in [-0.4, -0.2) is 25.8 Å². The number of rotatable bonds is 6. The lowest BCUT2D eigenvalue weighted by atomic mass is 10.1. The molecule has 0 aliphatic carbocycles. The predicted octanol–water partition coefficient (Wildman–Crippen LogP) is 2.34. The highest BCUT2D eigenvalue weighted by molar-refractivity contribution is 6.88. The van der Waals surface area contributed by atoms with Gasteiger partial charge in [-0.05, 0) is 11.5 Å². The highest BCUT2D eigenvalue weighted by atomic mass is 28.3. The molecule has 0 aliphatic heterocycles. The molecule has 102 valence electrons. The quantitative estimate of drug-likeness (QED) is 0.774. The molecule has 1 rings (SSSR count). The highest BCUT2D eigenvalue weighted by Crippen LogP contribution is 2.05. The maximum atomic E-state index is 9.70. The fourth-order valence-corrected chi connectivity index (χ4v) is 2.89. The highest BCUT2D eigenvalue weighted by Gasteiger charge is 2.15. The second-order valence-corrected chi connectivity index (χ2v) is 11.5. The summed E-state index contributed by atoms with van der Waals surface area (Å²) in [7, 11) is -1.18. The number of hydrogen-bond donors (Lipinski definition) is 2. The van der Waals surface area contributed by atoms with E-state index in [2.05, 4.69) is 49.2 Å². The Hall–Kier alpha value is -0.643. The second-order valence-electron chi connectivity index (χ2n) is 6.39. The molecule has 0 saturated heterocycles. The molecule has 1 unspecified atom stereocenters. The number of aliphatic hydroxyl groups is 1. The van der Waals surface area contributed by atoms with Gasteiger partial charge in [0.15, 0.2) is 0 Å². The summed E-state index contributed by atoms with van der Waals surface area (Å²) in [6.45, 7) is 12.6. The van der Waals surface area contributed by atoms with Crippen LogP contribution in [0.1, 0.15) is 19.4 Å². The fourth-order valence-electron chi connectivity index (χ4n) is 1.72. The van der Waals surface area contributed by atoms with Gasteiger partial charge in [-0.1, -0.05) is 62.9 Å². The summed E-state index contributed by atoms with van der Waals surface area (Å²) in [6.07, 6.45) is -0.258. The largest absolute Gasteiger partial charge is 0.392 e. The van der Waals surface area contributed by atoms with Crippen molar-refractivity contribution in [2.75, 3.05) is 6.54 Å². The number of hydrogen-bond acceptors (Lipinski definition) is 2. The summed E-state index contributed by atoms with van der Waals surface area (Å²) in [5.74, 6) is 0.312. The molecule has 18 heavy (non-hydrogen) atoms. The Labute approximate surface area is 112 Å². The van der Waals surface area contributed by atoms with Crippen molar-refractivity contribution in [3.8, 4) is 0 Å². The van der Waals surface area contributed by atoms with Gasteiger partial charge in [0.2, 0.25) is 0 Å². The smallest absolute Gasteiger partial charge is 0.0775 e. The summed E-state index contributed by atoms with van der Waals surface area (Å²) in [5, 5.41) is 14.5. The summed E-state index contributed by atoms with van der Waals surface area (Å²) < 4.78 is 0. The lowest BCUT2D eigenvalue weighted by Gasteiger charge is -2.17. The van der Waals surface area contributed by atoms with E-state index in [1.165, 1.54) is 10.8 Å². The normalized spacial score (nSPS) is 13.9. The minimum Gasteiger partial charge on any atom is -0.392 e. The Balaban J connectivity index is 2.45. The molecule has 1 aromatic rings. The van der Waals surface area contributed by atoms with E-state index < -0.39 is 8.07 Å². The standard InChI is InChI=1S/C15H27NOSi/c1-12(2)15(17)11-16-10-13-6-8-14(9-7-13)18(3,4)5/h6-9,12,15-17H,10-11H2,1-5H3. The van der Waals surface area contributed by atoms with Crippen LogP contribution in [0.2, 0.25) is 19.6 Å². The molecular formula is C15H27NOSi. The fraction of sp³-hybridized carbons (Fsp3) is 0.600. The number of nitrogens with one attached hydrogen (secondary N) is 1. The first-order valence-corrected chi connectivity index (χ1v) is 10.3. The average molecular weight is 265 g/mol. The van der Waals surface area contributed by atoms with E-state index in [4.69, 9.17) is 0 Å². The van der Waals surface area contributed by atoms with Crippen LogP contribution in [-0.2, 0) is 6.54 Å². The molecule has 1 atom stereocenters. The van der Waals surface area contributed by atoms with Gasteiger partial charge >= 0.3 is 0 Å². The van der Waals surface area contributed by atoms with Crippen LogP contribution in [0.3, 0.4) is 0 Å². The Morgan fingerprint density at radius 1 is 1.11 bits per heavy atom. The van der Waals surface area contributed by atoms with Crippen LogP contribution in [0.15, 0.2) is 24.3 Å². The summed E-state index contributed by atoms with van der Waals surface area (Å²) in [5.41, 5.74) is 1.29. The van der Waals surface area contributed by atoms with Crippen molar-refractivity contribution in [1.82, 2.24) is 5.32 Å². The van der Waals surface area contributed by atoms with E-state index in [0.29, 0.717) is 12.5 Å². The van der Waals surface area contributed by atoms with E-state index in [-0.39, 0.29) is 6.10 Å². The molecule has 3 heteroatoms. The topological polar surface area (TPSA) is 32.3 Å². The molecule has 0 bridgehead atoms. The minimum atomic E-state index is -1.18. The zero-order chi connectivity index (χ0) is 13.8. The number of aliphatic hydroxyl groups excluding tert-OH is 1. The van der Waals surface area contributed by atoms with Gasteiger partial charge in [0.1, 0.15) is 0 Å². The van der Waals surface area contributed by atoms with Gasteiger partial charge < -0.3 is 10.4 Å². The lowest BCUT2D eigenvalue weighted by molar-refractivity contribution is 0.123. The molecule has 0 saturated carbocycles. The molecular weight excluding hydrogens is 238 g/mol. The summed E-state index contributed by atoms with van der Waals surface area (Å²) in [4.78, 5) is 0. The second kappa shape index (κ2) is 6.50. The maximum absolute atomic E-state index is 9.70.